The second-order valence-electron chi connectivity index (χ2n) is 4.80. The van der Waals surface area contributed by atoms with Crippen LogP contribution in [0.2, 0.25) is 0 Å². The van der Waals surface area contributed by atoms with Crippen molar-refractivity contribution in [2.24, 2.45) is 5.41 Å². The van der Waals surface area contributed by atoms with Gasteiger partial charge in [0.1, 0.15) is 11.6 Å². The molecular weight excluding hydrogens is 238 g/mol. The molecule has 96 valence electrons. The van der Waals surface area contributed by atoms with Gasteiger partial charge in [0.15, 0.2) is 0 Å². The Morgan fingerprint density at radius 2 is 2.12 bits per heavy atom. The van der Waals surface area contributed by atoms with Gasteiger partial charge in [-0.15, -0.1) is 11.6 Å². The van der Waals surface area contributed by atoms with Crippen LogP contribution in [-0.4, -0.2) is 29.5 Å². The Morgan fingerprint density at radius 1 is 1.41 bits per heavy atom. The van der Waals surface area contributed by atoms with Gasteiger partial charge in [-0.3, -0.25) is 0 Å². The minimum atomic E-state index is 0.147. The maximum Gasteiger partial charge on any atom is 0.218 e. The van der Waals surface area contributed by atoms with Gasteiger partial charge in [0, 0.05) is 18.5 Å². The number of hydrogen-bond donors (Lipinski definition) is 1. The lowest BCUT2D eigenvalue weighted by Gasteiger charge is -2.24. The van der Waals surface area contributed by atoms with Crippen LogP contribution >= 0.6 is 11.6 Å². The van der Waals surface area contributed by atoms with Crippen molar-refractivity contribution in [2.75, 3.05) is 24.9 Å². The highest BCUT2D eigenvalue weighted by Crippen LogP contribution is 2.22. The number of aryl methyl sites for hydroxylation is 1. The van der Waals surface area contributed by atoms with E-state index < -0.39 is 0 Å². The topological polar surface area (TPSA) is 47.0 Å². The van der Waals surface area contributed by atoms with Crippen molar-refractivity contribution in [1.82, 2.24) is 9.97 Å². The highest BCUT2D eigenvalue weighted by atomic mass is 35.5. The standard InChI is InChI=1S/C12H20ClN3O/c1-9-15-10(7-11(16-9)17-4)14-8-12(2,3)5-6-13/h7H,5-6,8H2,1-4H3,(H,14,15,16). The minimum Gasteiger partial charge on any atom is -0.481 e. The van der Waals surface area contributed by atoms with Crippen LogP contribution in [0.25, 0.3) is 0 Å². The first-order valence-corrected chi connectivity index (χ1v) is 6.20. The SMILES string of the molecule is COc1cc(NCC(C)(C)CCCl)nc(C)n1. The lowest BCUT2D eigenvalue weighted by molar-refractivity contribution is 0.378. The maximum absolute atomic E-state index is 5.77. The monoisotopic (exact) mass is 257 g/mol. The summed E-state index contributed by atoms with van der Waals surface area (Å²) in [5.74, 6) is 2.73. The van der Waals surface area contributed by atoms with E-state index in [1.54, 1.807) is 13.2 Å². The predicted octanol–water partition coefficient (Wildman–Crippen LogP) is 2.86. The Balaban J connectivity index is 2.65. The average Bonchev–Trinajstić information content (AvgIpc) is 2.26. The van der Waals surface area contributed by atoms with Crippen molar-refractivity contribution in [3.63, 3.8) is 0 Å². The first-order valence-electron chi connectivity index (χ1n) is 5.66. The molecule has 0 aliphatic heterocycles. The molecule has 0 amide bonds. The molecule has 0 bridgehead atoms. The molecule has 0 aliphatic rings. The Bertz CT molecular complexity index is 369. The quantitative estimate of drug-likeness (QED) is 0.796. The summed E-state index contributed by atoms with van der Waals surface area (Å²) in [6, 6.07) is 1.80. The van der Waals surface area contributed by atoms with Gasteiger partial charge < -0.3 is 10.1 Å². The molecule has 17 heavy (non-hydrogen) atoms. The van der Waals surface area contributed by atoms with Gasteiger partial charge in [-0.25, -0.2) is 4.98 Å². The molecule has 0 spiro atoms. The molecule has 0 aromatic carbocycles. The summed E-state index contributed by atoms with van der Waals surface area (Å²) < 4.78 is 5.10. The van der Waals surface area contributed by atoms with Crippen LogP contribution < -0.4 is 10.1 Å². The molecule has 0 aliphatic carbocycles. The summed E-state index contributed by atoms with van der Waals surface area (Å²) in [5.41, 5.74) is 0.147. The summed E-state index contributed by atoms with van der Waals surface area (Å²) in [5, 5.41) is 3.30. The molecule has 0 unspecified atom stereocenters. The third-order valence-electron chi connectivity index (χ3n) is 2.54. The lowest BCUT2D eigenvalue weighted by Crippen LogP contribution is -2.24. The molecule has 1 heterocycles. The summed E-state index contributed by atoms with van der Waals surface area (Å²) in [7, 11) is 1.60. The second-order valence-corrected chi connectivity index (χ2v) is 5.18. The number of rotatable bonds is 6. The normalized spacial score (nSPS) is 11.4. The van der Waals surface area contributed by atoms with Crippen LogP contribution in [0.3, 0.4) is 0 Å². The fraction of sp³-hybridized carbons (Fsp3) is 0.667. The lowest BCUT2D eigenvalue weighted by atomic mass is 9.90. The summed E-state index contributed by atoms with van der Waals surface area (Å²) in [4.78, 5) is 8.45. The minimum absolute atomic E-state index is 0.147. The highest BCUT2D eigenvalue weighted by molar-refractivity contribution is 6.17. The van der Waals surface area contributed by atoms with Crippen LogP contribution in [0, 0.1) is 12.3 Å². The smallest absolute Gasteiger partial charge is 0.218 e. The van der Waals surface area contributed by atoms with Crippen LogP contribution in [0.15, 0.2) is 6.07 Å². The van der Waals surface area contributed by atoms with Gasteiger partial charge in [0.05, 0.1) is 7.11 Å². The fourth-order valence-corrected chi connectivity index (χ4v) is 1.92. The zero-order valence-electron chi connectivity index (χ0n) is 10.9. The van der Waals surface area contributed by atoms with Gasteiger partial charge >= 0.3 is 0 Å². The Morgan fingerprint density at radius 3 is 2.71 bits per heavy atom. The van der Waals surface area contributed by atoms with Gasteiger partial charge in [-0.05, 0) is 18.8 Å². The summed E-state index contributed by atoms with van der Waals surface area (Å²) in [6.45, 7) is 7.01. The highest BCUT2D eigenvalue weighted by Gasteiger charge is 2.17. The van der Waals surface area contributed by atoms with E-state index in [0.29, 0.717) is 17.6 Å². The number of nitrogens with one attached hydrogen (secondary N) is 1. The van der Waals surface area contributed by atoms with E-state index in [4.69, 9.17) is 16.3 Å². The number of aromatic nitrogens is 2. The van der Waals surface area contributed by atoms with E-state index in [9.17, 15) is 0 Å². The number of alkyl halides is 1. The van der Waals surface area contributed by atoms with E-state index in [1.807, 2.05) is 6.92 Å². The molecule has 5 heteroatoms. The number of hydrogen-bond acceptors (Lipinski definition) is 4. The molecule has 0 radical (unpaired) electrons. The molecule has 0 saturated heterocycles. The third-order valence-corrected chi connectivity index (χ3v) is 2.73. The number of ether oxygens (including phenoxy) is 1. The number of halogens is 1. The zero-order chi connectivity index (χ0) is 12.9. The Labute approximate surface area is 108 Å². The number of methoxy groups -OCH3 is 1. The van der Waals surface area contributed by atoms with Gasteiger partial charge in [0.25, 0.3) is 0 Å². The molecule has 0 saturated carbocycles. The molecule has 1 N–H and O–H groups in total. The van der Waals surface area contributed by atoms with E-state index in [1.165, 1.54) is 0 Å². The molecule has 1 rings (SSSR count). The maximum atomic E-state index is 5.77. The van der Waals surface area contributed by atoms with Crippen LogP contribution in [0.5, 0.6) is 5.88 Å². The van der Waals surface area contributed by atoms with Crippen molar-refractivity contribution in [3.8, 4) is 5.88 Å². The summed E-state index contributed by atoms with van der Waals surface area (Å²) in [6.07, 6.45) is 0.961. The number of anilines is 1. The first-order chi connectivity index (χ1) is 7.96. The zero-order valence-corrected chi connectivity index (χ0v) is 11.6. The second kappa shape index (κ2) is 6.05. The van der Waals surface area contributed by atoms with Gasteiger partial charge in [0.2, 0.25) is 5.88 Å². The van der Waals surface area contributed by atoms with E-state index >= 15 is 0 Å². The van der Waals surface area contributed by atoms with E-state index in [2.05, 4.69) is 29.1 Å². The molecule has 0 fully saturated rings. The van der Waals surface area contributed by atoms with Crippen molar-refractivity contribution in [1.29, 1.82) is 0 Å². The van der Waals surface area contributed by atoms with E-state index in [0.717, 1.165) is 18.8 Å². The molecule has 4 nitrogen and oxygen atoms in total. The Kier molecular flexibility index (Phi) is 5.00. The fourth-order valence-electron chi connectivity index (χ4n) is 1.41. The van der Waals surface area contributed by atoms with Gasteiger partial charge in [-0.2, -0.15) is 4.98 Å². The van der Waals surface area contributed by atoms with Crippen LogP contribution in [-0.2, 0) is 0 Å². The van der Waals surface area contributed by atoms with Crippen LogP contribution in [0.1, 0.15) is 26.1 Å². The average molecular weight is 258 g/mol. The molecule has 1 aromatic rings. The number of nitrogens with zero attached hydrogens (tertiary/aromatic N) is 2. The van der Waals surface area contributed by atoms with Crippen molar-refractivity contribution < 1.29 is 4.74 Å². The van der Waals surface area contributed by atoms with E-state index in [-0.39, 0.29) is 5.41 Å². The molecular formula is C12H20ClN3O. The van der Waals surface area contributed by atoms with Crippen LogP contribution in [0.4, 0.5) is 5.82 Å². The van der Waals surface area contributed by atoms with Crippen molar-refractivity contribution in [2.45, 2.75) is 27.2 Å². The first kappa shape index (κ1) is 14.0. The van der Waals surface area contributed by atoms with Crippen molar-refractivity contribution in [3.05, 3.63) is 11.9 Å². The third kappa shape index (κ3) is 4.77. The van der Waals surface area contributed by atoms with Crippen molar-refractivity contribution >= 4 is 17.4 Å². The predicted molar refractivity (Wildman–Crippen MR) is 70.9 cm³/mol. The Hall–Kier alpha value is -1.03. The van der Waals surface area contributed by atoms with Gasteiger partial charge in [-0.1, -0.05) is 13.8 Å². The molecule has 0 atom stereocenters. The molecule has 1 aromatic heterocycles. The largest absolute Gasteiger partial charge is 0.481 e. The summed E-state index contributed by atoms with van der Waals surface area (Å²) >= 11 is 5.77.